The number of hydrogen-bond acceptors (Lipinski definition) is 2. The molecule has 1 nitrogen and oxygen atoms in total. The van der Waals surface area contributed by atoms with Gasteiger partial charge in [0, 0.05) is 22.9 Å². The molecule has 0 aromatic rings. The summed E-state index contributed by atoms with van der Waals surface area (Å²) >= 11 is 2.04. The summed E-state index contributed by atoms with van der Waals surface area (Å²) < 4.78 is 0. The van der Waals surface area contributed by atoms with Crippen molar-refractivity contribution in [3.8, 4) is 0 Å². The molecule has 0 aromatic heterocycles. The Morgan fingerprint density at radius 1 is 1.31 bits per heavy atom. The SMILES string of the molecule is CC(C)CC1=C(C(C)C)SCCN1. The van der Waals surface area contributed by atoms with Crippen molar-refractivity contribution in [2.24, 2.45) is 11.8 Å². The molecule has 0 atom stereocenters. The van der Waals surface area contributed by atoms with E-state index in [2.05, 4.69) is 33.0 Å². The Balaban J connectivity index is 2.71. The van der Waals surface area contributed by atoms with Crippen molar-refractivity contribution >= 4 is 11.8 Å². The molecule has 1 N–H and O–H groups in total. The predicted octanol–water partition coefficient (Wildman–Crippen LogP) is 3.24. The van der Waals surface area contributed by atoms with E-state index in [9.17, 15) is 0 Å². The third-order valence-corrected chi connectivity index (χ3v) is 3.57. The Labute approximate surface area is 86.4 Å². The van der Waals surface area contributed by atoms with Crippen LogP contribution in [-0.4, -0.2) is 12.3 Å². The highest BCUT2D eigenvalue weighted by Gasteiger charge is 2.16. The van der Waals surface area contributed by atoms with Crippen molar-refractivity contribution in [2.75, 3.05) is 12.3 Å². The van der Waals surface area contributed by atoms with Gasteiger partial charge in [0.2, 0.25) is 0 Å². The lowest BCUT2D eigenvalue weighted by Gasteiger charge is -2.25. The van der Waals surface area contributed by atoms with Crippen LogP contribution in [0.3, 0.4) is 0 Å². The first-order valence-corrected chi connectivity index (χ1v) is 6.19. The Morgan fingerprint density at radius 3 is 2.54 bits per heavy atom. The van der Waals surface area contributed by atoms with Gasteiger partial charge in [-0.2, -0.15) is 0 Å². The van der Waals surface area contributed by atoms with Gasteiger partial charge in [0.05, 0.1) is 0 Å². The van der Waals surface area contributed by atoms with Crippen LogP contribution in [-0.2, 0) is 0 Å². The first-order valence-electron chi connectivity index (χ1n) is 5.21. The van der Waals surface area contributed by atoms with Crippen LogP contribution in [0.4, 0.5) is 0 Å². The van der Waals surface area contributed by atoms with E-state index in [1.807, 2.05) is 11.8 Å². The number of nitrogens with one attached hydrogen (secondary N) is 1. The molecule has 0 aromatic carbocycles. The number of hydrogen-bond donors (Lipinski definition) is 1. The fraction of sp³-hybridized carbons (Fsp3) is 0.818. The first kappa shape index (κ1) is 11.0. The van der Waals surface area contributed by atoms with Gasteiger partial charge in [-0.3, -0.25) is 0 Å². The lowest BCUT2D eigenvalue weighted by atomic mass is 10.0. The highest BCUT2D eigenvalue weighted by molar-refractivity contribution is 8.03. The largest absolute Gasteiger partial charge is 0.387 e. The van der Waals surface area contributed by atoms with Gasteiger partial charge >= 0.3 is 0 Å². The molecule has 1 heterocycles. The second kappa shape index (κ2) is 4.94. The van der Waals surface area contributed by atoms with Gasteiger partial charge in [0.25, 0.3) is 0 Å². The van der Waals surface area contributed by atoms with Crippen molar-refractivity contribution in [1.82, 2.24) is 5.32 Å². The quantitative estimate of drug-likeness (QED) is 0.749. The highest BCUT2D eigenvalue weighted by atomic mass is 32.2. The van der Waals surface area contributed by atoms with Gasteiger partial charge in [-0.25, -0.2) is 0 Å². The van der Waals surface area contributed by atoms with Gasteiger partial charge in [0.15, 0.2) is 0 Å². The summed E-state index contributed by atoms with van der Waals surface area (Å²) in [4.78, 5) is 1.58. The van der Waals surface area contributed by atoms with Crippen molar-refractivity contribution in [2.45, 2.75) is 34.1 Å². The normalized spacial score (nSPS) is 18.3. The van der Waals surface area contributed by atoms with Gasteiger partial charge in [-0.1, -0.05) is 27.7 Å². The second-order valence-electron chi connectivity index (χ2n) is 4.37. The molecule has 0 amide bonds. The third-order valence-electron chi connectivity index (χ3n) is 2.13. The standard InChI is InChI=1S/C11H21NS/c1-8(2)7-10-11(9(3)4)13-6-5-12-10/h8-9,12H,5-7H2,1-4H3. The number of allylic oxidation sites excluding steroid dienone is 2. The zero-order valence-electron chi connectivity index (χ0n) is 9.18. The Kier molecular flexibility index (Phi) is 4.17. The summed E-state index contributed by atoms with van der Waals surface area (Å²) in [6.07, 6.45) is 1.21. The lowest BCUT2D eigenvalue weighted by molar-refractivity contribution is 0.593. The zero-order valence-corrected chi connectivity index (χ0v) is 10.0. The minimum absolute atomic E-state index is 0.687. The maximum Gasteiger partial charge on any atom is 0.0238 e. The van der Waals surface area contributed by atoms with E-state index in [0.29, 0.717) is 5.92 Å². The van der Waals surface area contributed by atoms with E-state index >= 15 is 0 Å². The molecule has 76 valence electrons. The van der Waals surface area contributed by atoms with Crippen LogP contribution >= 0.6 is 11.8 Å². The summed E-state index contributed by atoms with van der Waals surface area (Å²) in [5.41, 5.74) is 1.50. The summed E-state index contributed by atoms with van der Waals surface area (Å²) in [6, 6.07) is 0. The Hall–Kier alpha value is -0.110. The van der Waals surface area contributed by atoms with Gasteiger partial charge < -0.3 is 5.32 Å². The molecule has 0 aliphatic carbocycles. The molecule has 1 aliphatic heterocycles. The second-order valence-corrected chi connectivity index (χ2v) is 5.51. The van der Waals surface area contributed by atoms with Gasteiger partial charge in [-0.05, 0) is 18.3 Å². The van der Waals surface area contributed by atoms with Crippen molar-refractivity contribution < 1.29 is 0 Å². The molecular weight excluding hydrogens is 178 g/mol. The average molecular weight is 199 g/mol. The topological polar surface area (TPSA) is 12.0 Å². The maximum absolute atomic E-state index is 3.54. The van der Waals surface area contributed by atoms with E-state index in [-0.39, 0.29) is 0 Å². The molecule has 1 aliphatic rings. The summed E-state index contributed by atoms with van der Waals surface area (Å²) in [5, 5.41) is 3.54. The summed E-state index contributed by atoms with van der Waals surface area (Å²) in [5.74, 6) is 2.68. The van der Waals surface area contributed by atoms with E-state index in [1.54, 1.807) is 4.91 Å². The van der Waals surface area contributed by atoms with Crippen LogP contribution in [0.15, 0.2) is 10.6 Å². The molecule has 0 fully saturated rings. The minimum atomic E-state index is 0.687. The van der Waals surface area contributed by atoms with Crippen LogP contribution < -0.4 is 5.32 Å². The number of rotatable bonds is 3. The third kappa shape index (κ3) is 3.26. The molecule has 13 heavy (non-hydrogen) atoms. The molecule has 2 heteroatoms. The minimum Gasteiger partial charge on any atom is -0.387 e. The van der Waals surface area contributed by atoms with Crippen LogP contribution in [0.5, 0.6) is 0 Å². The molecular formula is C11H21NS. The van der Waals surface area contributed by atoms with E-state index in [1.165, 1.54) is 17.9 Å². The zero-order chi connectivity index (χ0) is 9.84. The molecule has 0 bridgehead atoms. The van der Waals surface area contributed by atoms with E-state index in [0.717, 1.165) is 12.5 Å². The smallest absolute Gasteiger partial charge is 0.0238 e. The molecule has 0 spiro atoms. The molecule has 1 rings (SSSR count). The summed E-state index contributed by atoms with van der Waals surface area (Å²) in [7, 11) is 0. The van der Waals surface area contributed by atoms with Crippen LogP contribution in [0, 0.1) is 11.8 Å². The van der Waals surface area contributed by atoms with Crippen molar-refractivity contribution in [1.29, 1.82) is 0 Å². The molecule has 0 unspecified atom stereocenters. The Morgan fingerprint density at radius 2 is 2.00 bits per heavy atom. The lowest BCUT2D eigenvalue weighted by Crippen LogP contribution is -2.24. The number of thioether (sulfide) groups is 1. The van der Waals surface area contributed by atoms with Crippen LogP contribution in [0.25, 0.3) is 0 Å². The van der Waals surface area contributed by atoms with Gasteiger partial charge in [0.1, 0.15) is 0 Å². The molecule has 0 saturated carbocycles. The van der Waals surface area contributed by atoms with E-state index in [4.69, 9.17) is 0 Å². The maximum atomic E-state index is 3.54. The molecule has 0 radical (unpaired) electrons. The highest BCUT2D eigenvalue weighted by Crippen LogP contribution is 2.31. The summed E-state index contributed by atoms with van der Waals surface area (Å²) in [6.45, 7) is 10.3. The average Bonchev–Trinajstić information content (AvgIpc) is 2.03. The molecule has 0 saturated heterocycles. The van der Waals surface area contributed by atoms with Crippen molar-refractivity contribution in [3.05, 3.63) is 10.6 Å². The first-order chi connectivity index (χ1) is 6.11. The van der Waals surface area contributed by atoms with Crippen molar-refractivity contribution in [3.63, 3.8) is 0 Å². The predicted molar refractivity (Wildman–Crippen MR) is 61.8 cm³/mol. The van der Waals surface area contributed by atoms with Gasteiger partial charge in [-0.15, -0.1) is 11.8 Å². The monoisotopic (exact) mass is 199 g/mol. The fourth-order valence-electron chi connectivity index (χ4n) is 1.63. The van der Waals surface area contributed by atoms with E-state index < -0.39 is 0 Å². The van der Waals surface area contributed by atoms with Crippen LogP contribution in [0.1, 0.15) is 34.1 Å². The fourth-order valence-corrected chi connectivity index (χ4v) is 2.72. The Bertz CT molecular complexity index is 194. The van der Waals surface area contributed by atoms with Crippen LogP contribution in [0.2, 0.25) is 0 Å².